The maximum Gasteiger partial charge on any atom is 0.0393 e. The molecule has 0 saturated carbocycles. The van der Waals surface area contributed by atoms with E-state index in [1.54, 1.807) is 0 Å². The van der Waals surface area contributed by atoms with Crippen LogP contribution in [0.2, 0.25) is 0 Å². The molecule has 0 fully saturated rings. The highest BCUT2D eigenvalue weighted by Crippen LogP contribution is 2.30. The maximum atomic E-state index is 6.22. The van der Waals surface area contributed by atoms with Gasteiger partial charge in [0.2, 0.25) is 0 Å². The van der Waals surface area contributed by atoms with E-state index in [0.717, 1.165) is 40.0 Å². The molecular weight excluding hydrogens is 328 g/mol. The van der Waals surface area contributed by atoms with Crippen LogP contribution in [0.15, 0.2) is 97.1 Å². The molecule has 132 valence electrons. The monoisotopic (exact) mass is 350 g/mol. The molecule has 0 amide bonds. The molecule has 0 bridgehead atoms. The summed E-state index contributed by atoms with van der Waals surface area (Å²) in [7, 11) is 0. The molecule has 0 aromatic heterocycles. The summed E-state index contributed by atoms with van der Waals surface area (Å²) < 4.78 is 0. The van der Waals surface area contributed by atoms with Crippen LogP contribution in [0.1, 0.15) is 11.1 Å². The molecule has 4 rings (SSSR count). The van der Waals surface area contributed by atoms with Crippen molar-refractivity contribution in [1.29, 1.82) is 0 Å². The quantitative estimate of drug-likeness (QED) is 0.459. The maximum absolute atomic E-state index is 6.22. The number of anilines is 2. The minimum absolute atomic E-state index is 0.798. The van der Waals surface area contributed by atoms with Crippen LogP contribution in [0, 0.1) is 0 Å². The zero-order valence-corrected chi connectivity index (χ0v) is 15.1. The van der Waals surface area contributed by atoms with Gasteiger partial charge in [-0.1, -0.05) is 72.8 Å². The largest absolute Gasteiger partial charge is 0.398 e. The summed E-state index contributed by atoms with van der Waals surface area (Å²) in [4.78, 5) is 0. The van der Waals surface area contributed by atoms with Gasteiger partial charge in [-0.05, 0) is 52.9 Å². The number of nitrogen functional groups attached to an aromatic ring is 2. The second kappa shape index (κ2) is 7.38. The van der Waals surface area contributed by atoms with Gasteiger partial charge in [0.25, 0.3) is 0 Å². The summed E-state index contributed by atoms with van der Waals surface area (Å²) >= 11 is 0. The fourth-order valence-corrected chi connectivity index (χ4v) is 3.40. The van der Waals surface area contributed by atoms with Gasteiger partial charge in [-0.2, -0.15) is 0 Å². The van der Waals surface area contributed by atoms with Gasteiger partial charge < -0.3 is 11.5 Å². The van der Waals surface area contributed by atoms with E-state index in [9.17, 15) is 0 Å². The minimum atomic E-state index is 0.798. The Morgan fingerprint density at radius 3 is 1.30 bits per heavy atom. The lowest BCUT2D eigenvalue weighted by Crippen LogP contribution is -1.96. The molecular formula is C25H22N2. The molecule has 27 heavy (non-hydrogen) atoms. The predicted molar refractivity (Wildman–Crippen MR) is 115 cm³/mol. The highest BCUT2D eigenvalue weighted by Gasteiger charge is 2.07. The first kappa shape index (κ1) is 16.9. The van der Waals surface area contributed by atoms with Crippen LogP contribution in [-0.2, 0) is 6.42 Å². The summed E-state index contributed by atoms with van der Waals surface area (Å²) in [6.07, 6.45) is 0.834. The summed E-state index contributed by atoms with van der Waals surface area (Å²) in [5.74, 6) is 0. The highest BCUT2D eigenvalue weighted by molar-refractivity contribution is 5.78. The second-order valence-corrected chi connectivity index (χ2v) is 6.75. The van der Waals surface area contributed by atoms with Gasteiger partial charge in [0.1, 0.15) is 0 Å². The number of nitrogens with two attached hydrogens (primary N) is 2. The Balaban J connectivity index is 1.67. The summed E-state index contributed by atoms with van der Waals surface area (Å²) in [6.45, 7) is 0. The Morgan fingerprint density at radius 2 is 0.889 bits per heavy atom. The van der Waals surface area contributed by atoms with E-state index in [4.69, 9.17) is 11.5 Å². The fourth-order valence-electron chi connectivity index (χ4n) is 3.40. The fraction of sp³-hybridized carbons (Fsp3) is 0.0400. The van der Waals surface area contributed by atoms with Crippen LogP contribution in [0.5, 0.6) is 0 Å². The zero-order chi connectivity index (χ0) is 18.6. The first-order valence-corrected chi connectivity index (χ1v) is 9.08. The topological polar surface area (TPSA) is 52.0 Å². The smallest absolute Gasteiger partial charge is 0.0393 e. The SMILES string of the molecule is Nc1ccc(Cc2ccc(N)c(-c3ccccc3)c2)cc1-c1ccccc1. The standard InChI is InChI=1S/C25H22N2/c26-24-13-11-18(16-22(24)20-7-3-1-4-8-20)15-19-12-14-25(27)23(17-19)21-9-5-2-6-10-21/h1-14,16-17H,15,26-27H2. The van der Waals surface area contributed by atoms with Gasteiger partial charge in [0.05, 0.1) is 0 Å². The third-order valence-electron chi connectivity index (χ3n) is 4.81. The van der Waals surface area contributed by atoms with Gasteiger partial charge >= 0.3 is 0 Å². The van der Waals surface area contributed by atoms with Gasteiger partial charge in [-0.25, -0.2) is 0 Å². The van der Waals surface area contributed by atoms with Crippen molar-refractivity contribution >= 4 is 11.4 Å². The summed E-state index contributed by atoms with van der Waals surface area (Å²) in [5.41, 5.74) is 20.9. The van der Waals surface area contributed by atoms with E-state index in [0.29, 0.717) is 0 Å². The molecule has 0 saturated heterocycles. The van der Waals surface area contributed by atoms with E-state index >= 15 is 0 Å². The minimum Gasteiger partial charge on any atom is -0.398 e. The molecule has 2 nitrogen and oxygen atoms in total. The average molecular weight is 350 g/mol. The lowest BCUT2D eigenvalue weighted by molar-refractivity contribution is 1.20. The van der Waals surface area contributed by atoms with Gasteiger partial charge in [0, 0.05) is 22.5 Å². The third kappa shape index (κ3) is 3.70. The number of hydrogen-bond donors (Lipinski definition) is 2. The van der Waals surface area contributed by atoms with Crippen LogP contribution in [0.4, 0.5) is 11.4 Å². The van der Waals surface area contributed by atoms with Crippen molar-refractivity contribution in [3.05, 3.63) is 108 Å². The lowest BCUT2D eigenvalue weighted by atomic mass is 9.95. The molecule has 0 unspecified atom stereocenters. The molecule has 0 aliphatic rings. The third-order valence-corrected chi connectivity index (χ3v) is 4.81. The summed E-state index contributed by atoms with van der Waals surface area (Å²) in [5, 5.41) is 0. The van der Waals surface area contributed by atoms with Crippen LogP contribution in [0.3, 0.4) is 0 Å². The highest BCUT2D eigenvalue weighted by atomic mass is 14.6. The Labute approximate surface area is 160 Å². The van der Waals surface area contributed by atoms with Gasteiger partial charge in [-0.15, -0.1) is 0 Å². The van der Waals surface area contributed by atoms with E-state index in [2.05, 4.69) is 48.5 Å². The molecule has 4 N–H and O–H groups in total. The molecule has 0 heterocycles. The van der Waals surface area contributed by atoms with Gasteiger partial charge in [-0.3, -0.25) is 0 Å². The van der Waals surface area contributed by atoms with Crippen molar-refractivity contribution < 1.29 is 0 Å². The van der Waals surface area contributed by atoms with Crippen molar-refractivity contribution in [2.75, 3.05) is 11.5 Å². The van der Waals surface area contributed by atoms with E-state index < -0.39 is 0 Å². The molecule has 0 radical (unpaired) electrons. The van der Waals surface area contributed by atoms with Crippen molar-refractivity contribution in [3.63, 3.8) is 0 Å². The Hall–Kier alpha value is -3.52. The van der Waals surface area contributed by atoms with Crippen LogP contribution in [-0.4, -0.2) is 0 Å². The molecule has 0 aliphatic heterocycles. The zero-order valence-electron chi connectivity index (χ0n) is 15.1. The first-order chi connectivity index (χ1) is 13.2. The molecule has 4 aromatic carbocycles. The van der Waals surface area contributed by atoms with E-state index in [1.165, 1.54) is 11.1 Å². The average Bonchev–Trinajstić information content (AvgIpc) is 2.72. The molecule has 2 heteroatoms. The number of hydrogen-bond acceptors (Lipinski definition) is 2. The Morgan fingerprint density at radius 1 is 0.481 bits per heavy atom. The van der Waals surface area contributed by atoms with Crippen LogP contribution >= 0.6 is 0 Å². The number of rotatable bonds is 4. The number of benzene rings is 4. The van der Waals surface area contributed by atoms with Crippen molar-refractivity contribution in [2.45, 2.75) is 6.42 Å². The van der Waals surface area contributed by atoms with Crippen LogP contribution < -0.4 is 11.5 Å². The molecule has 4 aromatic rings. The predicted octanol–water partition coefficient (Wildman–Crippen LogP) is 5.78. The lowest BCUT2D eigenvalue weighted by Gasteiger charge is -2.12. The Kier molecular flexibility index (Phi) is 4.63. The molecule has 0 spiro atoms. The van der Waals surface area contributed by atoms with Crippen molar-refractivity contribution in [2.24, 2.45) is 0 Å². The molecule has 0 aliphatic carbocycles. The molecule has 0 atom stereocenters. The summed E-state index contributed by atoms with van der Waals surface area (Å²) in [6, 6.07) is 33.1. The van der Waals surface area contributed by atoms with Gasteiger partial charge in [0.15, 0.2) is 0 Å². The van der Waals surface area contributed by atoms with Crippen LogP contribution in [0.25, 0.3) is 22.3 Å². The van der Waals surface area contributed by atoms with E-state index in [1.807, 2.05) is 48.5 Å². The van der Waals surface area contributed by atoms with Crippen molar-refractivity contribution in [1.82, 2.24) is 0 Å². The Bertz CT molecular complexity index is 967. The van der Waals surface area contributed by atoms with Crippen molar-refractivity contribution in [3.8, 4) is 22.3 Å². The normalized spacial score (nSPS) is 10.7. The first-order valence-electron chi connectivity index (χ1n) is 9.08. The van der Waals surface area contributed by atoms with E-state index in [-0.39, 0.29) is 0 Å². The second-order valence-electron chi connectivity index (χ2n) is 6.75.